The van der Waals surface area contributed by atoms with Crippen LogP contribution >= 0.6 is 0 Å². The Bertz CT molecular complexity index is 1050. The first-order chi connectivity index (χ1) is 13.9. The highest BCUT2D eigenvalue weighted by Gasteiger charge is 2.30. The molecule has 0 unspecified atom stereocenters. The van der Waals surface area contributed by atoms with Crippen molar-refractivity contribution in [2.75, 3.05) is 13.1 Å². The SMILES string of the molecule is O=[N+]([O-])c1cc(S(=O)(=O)N2CCCC2)ccc1Oc1cccc2c1CCC[C@@H]2O. The third-order valence-electron chi connectivity index (χ3n) is 5.48. The summed E-state index contributed by atoms with van der Waals surface area (Å²) in [5.74, 6) is 0.420. The minimum atomic E-state index is -3.77. The van der Waals surface area contributed by atoms with Crippen LogP contribution < -0.4 is 4.74 Å². The zero-order valence-electron chi connectivity index (χ0n) is 15.8. The van der Waals surface area contributed by atoms with Gasteiger partial charge in [-0.25, -0.2) is 8.42 Å². The molecule has 8 nitrogen and oxygen atoms in total. The molecule has 0 amide bonds. The Kier molecular flexibility index (Phi) is 5.28. The molecule has 9 heteroatoms. The lowest BCUT2D eigenvalue weighted by Crippen LogP contribution is -2.27. The molecule has 1 N–H and O–H groups in total. The van der Waals surface area contributed by atoms with Crippen molar-refractivity contribution in [3.05, 3.63) is 57.6 Å². The smallest absolute Gasteiger partial charge is 0.312 e. The summed E-state index contributed by atoms with van der Waals surface area (Å²) in [4.78, 5) is 10.9. The van der Waals surface area contributed by atoms with Crippen molar-refractivity contribution in [2.24, 2.45) is 0 Å². The average Bonchev–Trinajstić information content (AvgIpc) is 3.24. The Morgan fingerprint density at radius 2 is 1.86 bits per heavy atom. The molecule has 1 fully saturated rings. The van der Waals surface area contributed by atoms with Gasteiger partial charge in [0.25, 0.3) is 0 Å². The Morgan fingerprint density at radius 1 is 1.10 bits per heavy atom. The molecule has 1 saturated heterocycles. The van der Waals surface area contributed by atoms with E-state index in [-0.39, 0.29) is 10.6 Å². The fourth-order valence-electron chi connectivity index (χ4n) is 3.97. The fourth-order valence-corrected chi connectivity index (χ4v) is 5.51. The number of nitro benzene ring substituents is 1. The highest BCUT2D eigenvalue weighted by Crippen LogP contribution is 2.40. The Morgan fingerprint density at radius 3 is 2.59 bits per heavy atom. The molecule has 2 aromatic carbocycles. The van der Waals surface area contributed by atoms with Gasteiger partial charge in [-0.05, 0) is 55.9 Å². The Labute approximate surface area is 168 Å². The number of benzene rings is 2. The van der Waals surface area contributed by atoms with E-state index in [9.17, 15) is 23.6 Å². The standard InChI is InChI=1S/C20H22N2O6S/c23-18-7-3-6-16-15(18)5-4-8-19(16)28-20-10-9-14(13-17(20)22(24)25)29(26,27)21-11-1-2-12-21/h4-5,8-10,13,18,23H,1-3,6-7,11-12H2/t18-/m0/s1. The number of sulfonamides is 1. The molecule has 2 aliphatic rings. The van der Waals surface area contributed by atoms with Crippen LogP contribution in [0.15, 0.2) is 41.3 Å². The number of ether oxygens (including phenoxy) is 1. The quantitative estimate of drug-likeness (QED) is 0.587. The maximum atomic E-state index is 12.7. The van der Waals surface area contributed by atoms with Gasteiger partial charge in [0, 0.05) is 24.7 Å². The lowest BCUT2D eigenvalue weighted by molar-refractivity contribution is -0.385. The normalized spacial score (nSPS) is 19.7. The van der Waals surface area contributed by atoms with Gasteiger partial charge in [0.1, 0.15) is 5.75 Å². The minimum absolute atomic E-state index is 0.0242. The molecule has 29 heavy (non-hydrogen) atoms. The summed E-state index contributed by atoms with van der Waals surface area (Å²) in [5.41, 5.74) is 1.19. The van der Waals surface area contributed by atoms with Crippen LogP contribution in [0.1, 0.15) is 42.9 Å². The molecule has 0 radical (unpaired) electrons. The molecule has 0 spiro atoms. The molecule has 1 heterocycles. The first kappa shape index (κ1) is 19.8. The monoisotopic (exact) mass is 418 g/mol. The van der Waals surface area contributed by atoms with Crippen LogP contribution in [0.3, 0.4) is 0 Å². The van der Waals surface area contributed by atoms with E-state index < -0.39 is 26.7 Å². The van der Waals surface area contributed by atoms with E-state index >= 15 is 0 Å². The first-order valence-corrected chi connectivity index (χ1v) is 11.1. The molecular formula is C20H22N2O6S. The van der Waals surface area contributed by atoms with Crippen LogP contribution in [0.5, 0.6) is 11.5 Å². The second kappa shape index (κ2) is 7.74. The Hall–Kier alpha value is -2.49. The van der Waals surface area contributed by atoms with E-state index in [1.54, 1.807) is 12.1 Å². The van der Waals surface area contributed by atoms with Gasteiger partial charge in [-0.3, -0.25) is 10.1 Å². The van der Waals surface area contributed by atoms with Gasteiger partial charge in [0.2, 0.25) is 15.8 Å². The van der Waals surface area contributed by atoms with E-state index in [4.69, 9.17) is 4.74 Å². The average molecular weight is 418 g/mol. The van der Waals surface area contributed by atoms with Crippen LogP contribution in [0.2, 0.25) is 0 Å². The lowest BCUT2D eigenvalue weighted by Gasteiger charge is -2.23. The summed E-state index contributed by atoms with van der Waals surface area (Å²) in [6.45, 7) is 0.847. The van der Waals surface area contributed by atoms with Gasteiger partial charge in [-0.2, -0.15) is 4.31 Å². The number of rotatable bonds is 5. The van der Waals surface area contributed by atoms with Crippen LogP contribution in [0.4, 0.5) is 5.69 Å². The second-order valence-electron chi connectivity index (χ2n) is 7.33. The summed E-state index contributed by atoms with van der Waals surface area (Å²) in [6.07, 6.45) is 3.16. The van der Waals surface area contributed by atoms with E-state index in [1.807, 2.05) is 6.07 Å². The summed E-state index contributed by atoms with van der Waals surface area (Å²) in [6, 6.07) is 9.01. The van der Waals surface area contributed by atoms with Gasteiger partial charge in [0.15, 0.2) is 0 Å². The zero-order valence-corrected chi connectivity index (χ0v) is 16.6. The van der Waals surface area contributed by atoms with Crippen molar-refractivity contribution in [3.63, 3.8) is 0 Å². The van der Waals surface area contributed by atoms with Gasteiger partial charge in [-0.15, -0.1) is 0 Å². The number of aliphatic hydroxyl groups excluding tert-OH is 1. The number of hydrogen-bond acceptors (Lipinski definition) is 6. The van der Waals surface area contributed by atoms with Crippen molar-refractivity contribution in [3.8, 4) is 11.5 Å². The number of hydrogen-bond donors (Lipinski definition) is 1. The Balaban J connectivity index is 1.71. The maximum absolute atomic E-state index is 12.7. The number of aliphatic hydroxyl groups is 1. The highest BCUT2D eigenvalue weighted by atomic mass is 32.2. The molecule has 0 bridgehead atoms. The summed E-state index contributed by atoms with van der Waals surface area (Å²) in [5, 5.41) is 21.8. The van der Waals surface area contributed by atoms with Crippen molar-refractivity contribution in [1.82, 2.24) is 4.31 Å². The maximum Gasteiger partial charge on any atom is 0.312 e. The van der Waals surface area contributed by atoms with Crippen LogP contribution in [-0.2, 0) is 16.4 Å². The molecule has 1 atom stereocenters. The topological polar surface area (TPSA) is 110 Å². The van der Waals surface area contributed by atoms with Gasteiger partial charge in [0.05, 0.1) is 15.9 Å². The number of fused-ring (bicyclic) bond motifs is 1. The predicted molar refractivity (Wildman–Crippen MR) is 106 cm³/mol. The largest absolute Gasteiger partial charge is 0.450 e. The molecule has 4 rings (SSSR count). The van der Waals surface area contributed by atoms with Crippen molar-refractivity contribution in [1.29, 1.82) is 0 Å². The molecular weight excluding hydrogens is 396 g/mol. The van der Waals surface area contributed by atoms with E-state index in [1.165, 1.54) is 16.4 Å². The lowest BCUT2D eigenvalue weighted by atomic mass is 9.89. The number of nitro groups is 1. The van der Waals surface area contributed by atoms with Gasteiger partial charge in [-0.1, -0.05) is 12.1 Å². The highest BCUT2D eigenvalue weighted by molar-refractivity contribution is 7.89. The summed E-state index contributed by atoms with van der Waals surface area (Å²) < 4.78 is 32.7. The van der Waals surface area contributed by atoms with Crippen LogP contribution in [-0.4, -0.2) is 35.8 Å². The van der Waals surface area contributed by atoms with Crippen LogP contribution in [0, 0.1) is 10.1 Å². The number of nitrogens with zero attached hydrogens (tertiary/aromatic N) is 2. The third kappa shape index (κ3) is 3.73. The summed E-state index contributed by atoms with van der Waals surface area (Å²) in [7, 11) is -3.77. The van der Waals surface area contributed by atoms with Crippen molar-refractivity contribution in [2.45, 2.75) is 43.1 Å². The fraction of sp³-hybridized carbons (Fsp3) is 0.400. The molecule has 0 aromatic heterocycles. The van der Waals surface area contributed by atoms with Crippen molar-refractivity contribution >= 4 is 15.7 Å². The van der Waals surface area contributed by atoms with E-state index in [0.717, 1.165) is 36.5 Å². The molecule has 154 valence electrons. The van der Waals surface area contributed by atoms with Crippen molar-refractivity contribution < 1.29 is 23.2 Å². The molecule has 1 aliphatic carbocycles. The first-order valence-electron chi connectivity index (χ1n) is 9.64. The molecule has 0 saturated carbocycles. The van der Waals surface area contributed by atoms with Gasteiger partial charge < -0.3 is 9.84 Å². The summed E-state index contributed by atoms with van der Waals surface area (Å²) >= 11 is 0. The third-order valence-corrected chi connectivity index (χ3v) is 7.38. The van der Waals surface area contributed by atoms with Crippen LogP contribution in [0.25, 0.3) is 0 Å². The second-order valence-corrected chi connectivity index (χ2v) is 9.27. The van der Waals surface area contributed by atoms with Gasteiger partial charge >= 0.3 is 5.69 Å². The molecule has 1 aliphatic heterocycles. The minimum Gasteiger partial charge on any atom is -0.450 e. The van der Waals surface area contributed by atoms with E-state index in [0.29, 0.717) is 31.7 Å². The van der Waals surface area contributed by atoms with E-state index in [2.05, 4.69) is 0 Å². The zero-order chi connectivity index (χ0) is 20.6. The predicted octanol–water partition coefficient (Wildman–Crippen LogP) is 3.54. The molecule has 2 aromatic rings.